The van der Waals surface area contributed by atoms with Gasteiger partial charge in [-0.05, 0) is 30.3 Å². The number of benzene rings is 2. The minimum absolute atomic E-state index is 0.159. The molecule has 0 aliphatic heterocycles. The highest BCUT2D eigenvalue weighted by Crippen LogP contribution is 2.37. The molecule has 4 rings (SSSR count). The van der Waals surface area contributed by atoms with Crippen LogP contribution in [0.3, 0.4) is 0 Å². The number of aromatic hydroxyl groups is 1. The summed E-state index contributed by atoms with van der Waals surface area (Å²) in [7, 11) is 1.76. The van der Waals surface area contributed by atoms with Gasteiger partial charge in [-0.25, -0.2) is 0 Å². The van der Waals surface area contributed by atoms with Gasteiger partial charge < -0.3 is 14.9 Å². The summed E-state index contributed by atoms with van der Waals surface area (Å²) < 4.78 is 3.59. The lowest BCUT2D eigenvalue weighted by molar-refractivity contribution is 0.322. The average Bonchev–Trinajstić information content (AvgIpc) is 3.20. The summed E-state index contributed by atoms with van der Waals surface area (Å²) in [6.45, 7) is 0. The van der Waals surface area contributed by atoms with Gasteiger partial charge in [-0.15, -0.1) is 0 Å². The fraction of sp³-hybridized carbons (Fsp3) is 0.0500. The second kappa shape index (κ2) is 6.35. The molecule has 27 heavy (non-hydrogen) atoms. The van der Waals surface area contributed by atoms with E-state index in [4.69, 9.17) is 0 Å². The number of hydrogen-bond donors (Lipinski definition) is 2. The first kappa shape index (κ1) is 16.4. The maximum atomic E-state index is 9.67. The summed E-state index contributed by atoms with van der Waals surface area (Å²) in [4.78, 5) is 0. The molecular formula is C20H15N5O2. The lowest BCUT2D eigenvalue weighted by atomic mass is 10.1. The number of para-hydroxylation sites is 1. The van der Waals surface area contributed by atoms with Gasteiger partial charge >= 0.3 is 0 Å². The minimum Gasteiger partial charge on any atom is -0.508 e. The molecule has 0 aliphatic carbocycles. The maximum Gasteiger partial charge on any atom is 0.115 e. The van der Waals surface area contributed by atoms with Crippen molar-refractivity contribution in [2.24, 2.45) is 12.2 Å². The predicted molar refractivity (Wildman–Crippen MR) is 101 cm³/mol. The number of aromatic nitrogens is 3. The number of phenolic OH excluding ortho intramolecular Hbond substituents is 1. The van der Waals surface area contributed by atoms with Gasteiger partial charge in [0.25, 0.3) is 0 Å². The van der Waals surface area contributed by atoms with Gasteiger partial charge in [0.2, 0.25) is 0 Å². The van der Waals surface area contributed by atoms with E-state index in [1.807, 2.05) is 28.8 Å². The van der Waals surface area contributed by atoms with Crippen LogP contribution in [0.25, 0.3) is 28.0 Å². The van der Waals surface area contributed by atoms with Crippen LogP contribution >= 0.6 is 0 Å². The summed E-state index contributed by atoms with van der Waals surface area (Å²) in [5.41, 5.74) is 4.03. The molecule has 0 saturated carbocycles. The van der Waals surface area contributed by atoms with Crippen LogP contribution in [0.4, 0.5) is 0 Å². The number of oxime groups is 1. The monoisotopic (exact) mass is 357 g/mol. The van der Waals surface area contributed by atoms with E-state index >= 15 is 0 Å². The molecule has 2 aromatic heterocycles. The fourth-order valence-electron chi connectivity index (χ4n) is 3.36. The molecule has 0 aliphatic rings. The third-order valence-corrected chi connectivity index (χ3v) is 4.49. The Morgan fingerprint density at radius 3 is 2.56 bits per heavy atom. The second-order valence-corrected chi connectivity index (χ2v) is 6.02. The molecule has 4 aromatic rings. The molecule has 2 heterocycles. The van der Waals surface area contributed by atoms with Crippen molar-refractivity contribution in [1.29, 1.82) is 5.26 Å². The Hall–Kier alpha value is -4.05. The van der Waals surface area contributed by atoms with E-state index in [0.717, 1.165) is 16.6 Å². The molecule has 2 aromatic carbocycles. The van der Waals surface area contributed by atoms with Crippen molar-refractivity contribution < 1.29 is 10.3 Å². The number of rotatable bonds is 3. The third kappa shape index (κ3) is 2.51. The fourth-order valence-corrected chi connectivity index (χ4v) is 3.36. The Balaban J connectivity index is 2.20. The Kier molecular flexibility index (Phi) is 3.86. The molecule has 0 radical (unpaired) electrons. The topological polar surface area (TPSA) is 99.4 Å². The van der Waals surface area contributed by atoms with Gasteiger partial charge in [0.05, 0.1) is 29.2 Å². The average molecular weight is 357 g/mol. The molecule has 7 nitrogen and oxygen atoms in total. The summed E-state index contributed by atoms with van der Waals surface area (Å²) in [6.07, 6.45) is 2.87. The minimum atomic E-state index is 0.159. The van der Waals surface area contributed by atoms with Crippen LogP contribution in [0.2, 0.25) is 0 Å². The zero-order valence-corrected chi connectivity index (χ0v) is 14.4. The smallest absolute Gasteiger partial charge is 0.115 e. The zero-order chi connectivity index (χ0) is 19.0. The van der Waals surface area contributed by atoms with Crippen LogP contribution in [0.15, 0.2) is 59.9 Å². The van der Waals surface area contributed by atoms with Crippen LogP contribution in [0, 0.1) is 11.3 Å². The molecule has 0 bridgehead atoms. The SMILES string of the molecule is Cn1ncc(C#N)c1-c1c(C=NO)c2ccccc2n1-c1ccc(O)cc1. The third-order valence-electron chi connectivity index (χ3n) is 4.49. The van der Waals surface area contributed by atoms with Crippen molar-refractivity contribution in [2.75, 3.05) is 0 Å². The molecule has 7 heteroatoms. The Morgan fingerprint density at radius 2 is 1.85 bits per heavy atom. The van der Waals surface area contributed by atoms with Gasteiger partial charge in [0.1, 0.15) is 17.5 Å². The van der Waals surface area contributed by atoms with Crippen molar-refractivity contribution in [3.8, 4) is 28.9 Å². The number of phenols is 1. The lowest BCUT2D eigenvalue weighted by Gasteiger charge is -2.12. The van der Waals surface area contributed by atoms with Crippen LogP contribution in [-0.2, 0) is 7.05 Å². The summed E-state index contributed by atoms with van der Waals surface area (Å²) in [5.74, 6) is 0.159. The normalized spacial score (nSPS) is 11.3. The molecule has 0 unspecified atom stereocenters. The van der Waals surface area contributed by atoms with Crippen molar-refractivity contribution in [3.63, 3.8) is 0 Å². The Morgan fingerprint density at radius 1 is 1.11 bits per heavy atom. The van der Waals surface area contributed by atoms with E-state index in [9.17, 15) is 15.6 Å². The van der Waals surface area contributed by atoms with E-state index in [1.54, 1.807) is 36.0 Å². The molecule has 0 atom stereocenters. The van der Waals surface area contributed by atoms with Crippen LogP contribution in [0.1, 0.15) is 11.1 Å². The van der Waals surface area contributed by atoms with Crippen molar-refractivity contribution in [2.45, 2.75) is 0 Å². The number of aryl methyl sites for hydroxylation is 1. The van der Waals surface area contributed by atoms with Crippen molar-refractivity contribution >= 4 is 17.1 Å². The van der Waals surface area contributed by atoms with Crippen LogP contribution in [-0.4, -0.2) is 30.9 Å². The lowest BCUT2D eigenvalue weighted by Crippen LogP contribution is -2.04. The molecular weight excluding hydrogens is 342 g/mol. The van der Waals surface area contributed by atoms with Gasteiger partial charge in [0, 0.05) is 23.7 Å². The first-order chi connectivity index (χ1) is 13.2. The van der Waals surface area contributed by atoms with Crippen LogP contribution in [0.5, 0.6) is 5.75 Å². The quantitative estimate of drug-likeness (QED) is 0.333. The standard InChI is InChI=1S/C20H15N5O2/c1-24-19(13(10-21)11-22-24)20-17(12-23-27)16-4-2-3-5-18(16)25(20)14-6-8-15(26)9-7-14/h2-9,11-12,26-27H,1H3. The number of nitrogens with zero attached hydrogens (tertiary/aromatic N) is 5. The van der Waals surface area contributed by atoms with E-state index in [2.05, 4.69) is 16.3 Å². The maximum absolute atomic E-state index is 9.67. The van der Waals surface area contributed by atoms with Crippen molar-refractivity contribution in [3.05, 3.63) is 65.9 Å². The summed E-state index contributed by atoms with van der Waals surface area (Å²) in [5, 5.41) is 36.8. The van der Waals surface area contributed by atoms with E-state index in [0.29, 0.717) is 22.5 Å². The molecule has 0 amide bonds. The summed E-state index contributed by atoms with van der Waals surface area (Å²) >= 11 is 0. The summed E-state index contributed by atoms with van der Waals surface area (Å²) in [6, 6.07) is 16.6. The predicted octanol–water partition coefficient (Wildman–Crippen LogP) is 3.42. The molecule has 0 spiro atoms. The highest BCUT2D eigenvalue weighted by Gasteiger charge is 2.23. The largest absolute Gasteiger partial charge is 0.508 e. The van der Waals surface area contributed by atoms with Gasteiger partial charge in [0.15, 0.2) is 0 Å². The van der Waals surface area contributed by atoms with Gasteiger partial charge in [-0.3, -0.25) is 4.68 Å². The highest BCUT2D eigenvalue weighted by atomic mass is 16.4. The highest BCUT2D eigenvalue weighted by molar-refractivity contribution is 6.07. The van der Waals surface area contributed by atoms with Crippen molar-refractivity contribution in [1.82, 2.24) is 14.3 Å². The van der Waals surface area contributed by atoms with E-state index < -0.39 is 0 Å². The molecule has 0 saturated heterocycles. The Bertz CT molecular complexity index is 1210. The number of nitriles is 1. The first-order valence-electron chi connectivity index (χ1n) is 8.18. The molecule has 0 fully saturated rings. The zero-order valence-electron chi connectivity index (χ0n) is 14.4. The number of hydrogen-bond acceptors (Lipinski definition) is 5. The first-order valence-corrected chi connectivity index (χ1v) is 8.18. The van der Waals surface area contributed by atoms with Crippen LogP contribution < -0.4 is 0 Å². The Labute approximate surface area is 154 Å². The van der Waals surface area contributed by atoms with Gasteiger partial charge in [-0.1, -0.05) is 23.4 Å². The number of fused-ring (bicyclic) bond motifs is 1. The second-order valence-electron chi connectivity index (χ2n) is 6.02. The van der Waals surface area contributed by atoms with E-state index in [1.165, 1.54) is 12.4 Å². The molecule has 132 valence electrons. The van der Waals surface area contributed by atoms with Gasteiger partial charge in [-0.2, -0.15) is 10.4 Å². The molecule has 2 N–H and O–H groups in total. The van der Waals surface area contributed by atoms with E-state index in [-0.39, 0.29) is 5.75 Å².